The van der Waals surface area contributed by atoms with E-state index in [2.05, 4.69) is 10.6 Å². The molecule has 0 saturated carbocycles. The maximum Gasteiger partial charge on any atom is 0.257 e. The molecule has 6 nitrogen and oxygen atoms in total. The molecule has 0 radical (unpaired) electrons. The van der Waals surface area contributed by atoms with Gasteiger partial charge in [0.25, 0.3) is 11.8 Å². The molecule has 3 rings (SSSR count). The van der Waals surface area contributed by atoms with Crippen LogP contribution in [0.4, 0.5) is 5.00 Å². The van der Waals surface area contributed by atoms with Gasteiger partial charge in [0.2, 0.25) is 0 Å². The number of amides is 2. The lowest BCUT2D eigenvalue weighted by Crippen LogP contribution is -2.34. The van der Waals surface area contributed by atoms with Crippen LogP contribution < -0.4 is 21.1 Å². The summed E-state index contributed by atoms with van der Waals surface area (Å²) in [4.78, 5) is 25.7. The molecule has 2 amide bonds. The average molecular weight is 432 g/mol. The van der Waals surface area contributed by atoms with Crippen LogP contribution >= 0.6 is 23.6 Å². The van der Waals surface area contributed by atoms with Crippen LogP contribution in [0.2, 0.25) is 0 Å². The van der Waals surface area contributed by atoms with Crippen LogP contribution in [0.5, 0.6) is 5.75 Å². The lowest BCUT2D eigenvalue weighted by molar-refractivity contribution is 0.0975. The zero-order valence-corrected chi connectivity index (χ0v) is 18.2. The van der Waals surface area contributed by atoms with Crippen molar-refractivity contribution in [1.82, 2.24) is 5.32 Å². The molecule has 0 aliphatic heterocycles. The Morgan fingerprint density at radius 3 is 2.48 bits per heavy atom. The van der Waals surface area contributed by atoms with Crippen LogP contribution in [-0.4, -0.2) is 23.0 Å². The molecule has 1 heterocycles. The highest BCUT2D eigenvalue weighted by Crippen LogP contribution is 2.37. The number of thiocarbonyl (C=S) groups is 1. The summed E-state index contributed by atoms with van der Waals surface area (Å²) in [6.45, 7) is 3.88. The highest BCUT2D eigenvalue weighted by Gasteiger charge is 2.24. The fourth-order valence-corrected chi connectivity index (χ4v) is 4.92. The smallest absolute Gasteiger partial charge is 0.257 e. The molecule has 1 aliphatic rings. The minimum atomic E-state index is -0.471. The summed E-state index contributed by atoms with van der Waals surface area (Å²) in [5.41, 5.74) is 7.62. The average Bonchev–Trinajstić information content (AvgIpc) is 2.82. The third-order valence-corrected chi connectivity index (χ3v) is 6.02. The van der Waals surface area contributed by atoms with E-state index >= 15 is 0 Å². The molecule has 0 spiro atoms. The fourth-order valence-electron chi connectivity index (χ4n) is 3.36. The minimum Gasteiger partial charge on any atom is -0.491 e. The van der Waals surface area contributed by atoms with Crippen molar-refractivity contribution in [1.29, 1.82) is 0 Å². The van der Waals surface area contributed by atoms with E-state index in [9.17, 15) is 9.59 Å². The van der Waals surface area contributed by atoms with E-state index in [1.54, 1.807) is 24.3 Å². The molecule has 154 valence electrons. The Bertz CT molecular complexity index is 920. The highest BCUT2D eigenvalue weighted by atomic mass is 32.1. The monoisotopic (exact) mass is 431 g/mol. The number of primary amides is 1. The number of rotatable bonds is 5. The Balaban J connectivity index is 1.69. The topological polar surface area (TPSA) is 93.4 Å². The molecular formula is C21H25N3O3S2. The Morgan fingerprint density at radius 2 is 1.83 bits per heavy atom. The molecular weight excluding hydrogens is 406 g/mol. The van der Waals surface area contributed by atoms with E-state index in [4.69, 9.17) is 22.7 Å². The van der Waals surface area contributed by atoms with E-state index in [1.165, 1.54) is 16.2 Å². The third-order valence-electron chi connectivity index (χ3n) is 4.61. The second-order valence-electron chi connectivity index (χ2n) is 7.23. The van der Waals surface area contributed by atoms with Gasteiger partial charge in [-0.2, -0.15) is 0 Å². The van der Waals surface area contributed by atoms with Crippen molar-refractivity contribution in [2.24, 2.45) is 5.73 Å². The number of thiophene rings is 1. The summed E-state index contributed by atoms with van der Waals surface area (Å²) in [5.74, 6) is -0.109. The van der Waals surface area contributed by atoms with Gasteiger partial charge in [-0.25, -0.2) is 0 Å². The van der Waals surface area contributed by atoms with Crippen LogP contribution in [0.25, 0.3) is 0 Å². The van der Waals surface area contributed by atoms with Gasteiger partial charge < -0.3 is 15.8 Å². The van der Waals surface area contributed by atoms with Crippen LogP contribution in [0, 0.1) is 0 Å². The number of nitrogens with one attached hydrogen (secondary N) is 2. The van der Waals surface area contributed by atoms with Gasteiger partial charge in [-0.05, 0) is 81.6 Å². The second-order valence-corrected chi connectivity index (χ2v) is 8.75. The number of benzene rings is 1. The lowest BCUT2D eigenvalue weighted by Gasteiger charge is -2.11. The third kappa shape index (κ3) is 5.33. The summed E-state index contributed by atoms with van der Waals surface area (Å²) in [5, 5.41) is 6.40. The number of carbonyl (C=O) groups is 2. The molecule has 1 aliphatic carbocycles. The number of hydrogen-bond acceptors (Lipinski definition) is 5. The van der Waals surface area contributed by atoms with Crippen LogP contribution in [0.3, 0.4) is 0 Å². The zero-order chi connectivity index (χ0) is 21.0. The van der Waals surface area contributed by atoms with Crippen molar-refractivity contribution in [3.8, 4) is 5.75 Å². The molecule has 0 bridgehead atoms. The highest BCUT2D eigenvalue weighted by molar-refractivity contribution is 7.80. The van der Waals surface area contributed by atoms with Crippen molar-refractivity contribution in [2.45, 2.75) is 52.1 Å². The van der Waals surface area contributed by atoms with E-state index in [0.717, 1.165) is 37.7 Å². The summed E-state index contributed by atoms with van der Waals surface area (Å²) < 4.78 is 5.58. The summed E-state index contributed by atoms with van der Waals surface area (Å²) in [6, 6.07) is 6.84. The van der Waals surface area contributed by atoms with Crippen LogP contribution in [-0.2, 0) is 12.8 Å². The van der Waals surface area contributed by atoms with Crippen LogP contribution in [0.15, 0.2) is 24.3 Å². The fraction of sp³-hybridized carbons (Fsp3) is 0.381. The zero-order valence-electron chi connectivity index (χ0n) is 16.5. The molecule has 1 aromatic carbocycles. The van der Waals surface area contributed by atoms with E-state index in [0.29, 0.717) is 21.9 Å². The van der Waals surface area contributed by atoms with Gasteiger partial charge >= 0.3 is 0 Å². The van der Waals surface area contributed by atoms with Gasteiger partial charge in [0.05, 0.1) is 11.7 Å². The van der Waals surface area contributed by atoms with E-state index in [1.807, 2.05) is 13.8 Å². The Hall–Kier alpha value is -2.45. The van der Waals surface area contributed by atoms with Crippen molar-refractivity contribution >= 4 is 45.5 Å². The largest absolute Gasteiger partial charge is 0.491 e. The summed E-state index contributed by atoms with van der Waals surface area (Å²) >= 11 is 6.79. The lowest BCUT2D eigenvalue weighted by atomic mass is 10.1. The number of hydrogen-bond donors (Lipinski definition) is 3. The Morgan fingerprint density at radius 1 is 1.14 bits per heavy atom. The van der Waals surface area contributed by atoms with Gasteiger partial charge in [-0.3, -0.25) is 14.9 Å². The Labute approximate surface area is 179 Å². The molecule has 0 saturated heterocycles. The van der Waals surface area contributed by atoms with Crippen molar-refractivity contribution in [2.75, 3.05) is 5.32 Å². The summed E-state index contributed by atoms with van der Waals surface area (Å²) in [7, 11) is 0. The molecule has 29 heavy (non-hydrogen) atoms. The number of carbonyl (C=O) groups excluding carboxylic acids is 2. The standard InChI is InChI=1S/C21H25N3O3S2/c1-12(2)27-14-10-8-13(9-11-14)19(26)23-21(28)24-20-17(18(22)25)15-6-4-3-5-7-16(15)29-20/h8-12H,3-7H2,1-2H3,(H2,22,25)(H2,23,24,26,28). The Kier molecular flexibility index (Phi) is 6.87. The maximum atomic E-state index is 12.5. The SMILES string of the molecule is CC(C)Oc1ccc(C(=O)NC(=S)Nc2sc3c(c2C(N)=O)CCCCC3)cc1. The first-order valence-electron chi connectivity index (χ1n) is 9.68. The van der Waals surface area contributed by atoms with Gasteiger partial charge in [-0.1, -0.05) is 6.42 Å². The molecule has 2 aromatic rings. The predicted molar refractivity (Wildman–Crippen MR) is 120 cm³/mol. The number of anilines is 1. The number of fused-ring (bicyclic) bond motifs is 1. The van der Waals surface area contributed by atoms with Gasteiger partial charge in [-0.15, -0.1) is 11.3 Å². The summed E-state index contributed by atoms with van der Waals surface area (Å²) in [6.07, 6.45) is 5.13. The first kappa shape index (κ1) is 21.3. The van der Waals surface area contributed by atoms with Gasteiger partial charge in [0.15, 0.2) is 5.11 Å². The molecule has 4 N–H and O–H groups in total. The quantitative estimate of drug-likeness (QED) is 0.491. The molecule has 0 atom stereocenters. The first-order valence-corrected chi connectivity index (χ1v) is 10.9. The van der Waals surface area contributed by atoms with E-state index < -0.39 is 5.91 Å². The van der Waals surface area contributed by atoms with Crippen LogP contribution in [0.1, 0.15) is 64.3 Å². The van der Waals surface area contributed by atoms with Crippen molar-refractivity contribution in [3.63, 3.8) is 0 Å². The maximum absolute atomic E-state index is 12.5. The molecule has 8 heteroatoms. The number of ether oxygens (including phenoxy) is 1. The van der Waals surface area contributed by atoms with Gasteiger partial charge in [0, 0.05) is 10.4 Å². The molecule has 0 fully saturated rings. The van der Waals surface area contributed by atoms with Gasteiger partial charge in [0.1, 0.15) is 10.8 Å². The molecule has 1 aromatic heterocycles. The number of nitrogens with two attached hydrogens (primary N) is 1. The predicted octanol–water partition coefficient (Wildman–Crippen LogP) is 4.03. The first-order chi connectivity index (χ1) is 13.8. The normalized spacial score (nSPS) is 13.3. The number of aryl methyl sites for hydroxylation is 1. The van der Waals surface area contributed by atoms with Crippen molar-refractivity contribution < 1.29 is 14.3 Å². The van der Waals surface area contributed by atoms with Crippen molar-refractivity contribution in [3.05, 3.63) is 45.8 Å². The molecule has 0 unspecified atom stereocenters. The van der Waals surface area contributed by atoms with E-state index in [-0.39, 0.29) is 17.1 Å². The second kappa shape index (κ2) is 9.37. The minimum absolute atomic E-state index is 0.0619.